The largest absolute Gasteiger partial charge is 0.385 e. The maximum Gasteiger partial charge on any atom is 0.255 e. The van der Waals surface area contributed by atoms with E-state index in [1.165, 1.54) is 0 Å². The van der Waals surface area contributed by atoms with Gasteiger partial charge in [0.05, 0.1) is 12.6 Å². The smallest absolute Gasteiger partial charge is 0.255 e. The summed E-state index contributed by atoms with van der Waals surface area (Å²) in [4.78, 5) is 6.03. The van der Waals surface area contributed by atoms with Crippen LogP contribution < -0.4 is 5.32 Å². The van der Waals surface area contributed by atoms with Crippen molar-refractivity contribution in [2.45, 2.75) is 31.8 Å². The van der Waals surface area contributed by atoms with Crippen LogP contribution in [-0.2, 0) is 9.47 Å². The summed E-state index contributed by atoms with van der Waals surface area (Å²) in [6.07, 6.45) is 0.559. The van der Waals surface area contributed by atoms with Gasteiger partial charge in [-0.3, -0.25) is 4.99 Å². The highest BCUT2D eigenvalue weighted by Gasteiger charge is 2.22. The first-order valence-corrected chi connectivity index (χ1v) is 7.01. The SMILES string of the molecule is CN=C(NCC(F)F)N1CCC(OCCCOC)CC1.I. The lowest BCUT2D eigenvalue weighted by atomic mass is 10.1. The summed E-state index contributed by atoms with van der Waals surface area (Å²) in [5.41, 5.74) is 0. The molecule has 5 nitrogen and oxygen atoms in total. The monoisotopic (exact) mass is 421 g/mol. The van der Waals surface area contributed by atoms with E-state index in [4.69, 9.17) is 9.47 Å². The maximum atomic E-state index is 12.2. The minimum atomic E-state index is -2.37. The van der Waals surface area contributed by atoms with Gasteiger partial charge in [0.15, 0.2) is 5.96 Å². The summed E-state index contributed by atoms with van der Waals surface area (Å²) in [7, 11) is 3.29. The van der Waals surface area contributed by atoms with E-state index in [2.05, 4.69) is 10.3 Å². The topological polar surface area (TPSA) is 46.1 Å². The van der Waals surface area contributed by atoms with Gasteiger partial charge in [-0.25, -0.2) is 8.78 Å². The second-order valence-electron chi connectivity index (χ2n) is 4.72. The lowest BCUT2D eigenvalue weighted by Gasteiger charge is -2.34. The third kappa shape index (κ3) is 8.72. The van der Waals surface area contributed by atoms with Crippen LogP contribution in [0.25, 0.3) is 0 Å². The second-order valence-corrected chi connectivity index (χ2v) is 4.72. The Bertz CT molecular complexity index is 289. The molecule has 1 aliphatic heterocycles. The number of nitrogens with one attached hydrogen (secondary N) is 1. The van der Waals surface area contributed by atoms with Crippen LogP contribution in [-0.4, -0.2) is 70.4 Å². The highest BCUT2D eigenvalue weighted by atomic mass is 127. The molecule has 1 fully saturated rings. The van der Waals surface area contributed by atoms with Crippen molar-refractivity contribution in [1.82, 2.24) is 10.2 Å². The molecule has 0 aromatic heterocycles. The third-order valence-corrected chi connectivity index (χ3v) is 3.21. The first-order chi connectivity index (χ1) is 9.67. The van der Waals surface area contributed by atoms with E-state index in [1.54, 1.807) is 14.2 Å². The van der Waals surface area contributed by atoms with Crippen molar-refractivity contribution < 1.29 is 18.3 Å². The summed E-state index contributed by atoms with van der Waals surface area (Å²) >= 11 is 0. The van der Waals surface area contributed by atoms with Gasteiger partial charge in [-0.1, -0.05) is 0 Å². The van der Waals surface area contributed by atoms with E-state index < -0.39 is 6.43 Å². The van der Waals surface area contributed by atoms with Gasteiger partial charge in [0, 0.05) is 40.5 Å². The molecule has 0 aliphatic carbocycles. The van der Waals surface area contributed by atoms with Crippen molar-refractivity contribution in [3.63, 3.8) is 0 Å². The number of methoxy groups -OCH3 is 1. The van der Waals surface area contributed by atoms with Crippen molar-refractivity contribution in [2.24, 2.45) is 4.99 Å². The van der Waals surface area contributed by atoms with Gasteiger partial charge in [0.1, 0.15) is 0 Å². The molecule has 0 amide bonds. The molecule has 0 radical (unpaired) electrons. The molecule has 1 aliphatic rings. The number of hydrogen-bond donors (Lipinski definition) is 1. The Morgan fingerprint density at radius 3 is 2.52 bits per heavy atom. The van der Waals surface area contributed by atoms with E-state index in [-0.39, 0.29) is 36.6 Å². The van der Waals surface area contributed by atoms with Crippen molar-refractivity contribution in [3.8, 4) is 0 Å². The average Bonchev–Trinajstić information content (AvgIpc) is 2.45. The van der Waals surface area contributed by atoms with Crippen molar-refractivity contribution in [3.05, 3.63) is 0 Å². The maximum absolute atomic E-state index is 12.2. The van der Waals surface area contributed by atoms with Gasteiger partial charge in [0.2, 0.25) is 0 Å². The van der Waals surface area contributed by atoms with Crippen LogP contribution in [0.2, 0.25) is 0 Å². The fourth-order valence-corrected chi connectivity index (χ4v) is 2.19. The summed E-state index contributed by atoms with van der Waals surface area (Å²) in [6.45, 7) is 2.61. The van der Waals surface area contributed by atoms with Crippen molar-refractivity contribution >= 4 is 29.9 Å². The van der Waals surface area contributed by atoms with E-state index in [9.17, 15) is 8.78 Å². The molecular weight excluding hydrogens is 395 g/mol. The molecule has 1 saturated heterocycles. The summed E-state index contributed by atoms with van der Waals surface area (Å²) in [5.74, 6) is 0.545. The van der Waals surface area contributed by atoms with Crippen LogP contribution in [0.3, 0.4) is 0 Å². The minimum Gasteiger partial charge on any atom is -0.385 e. The lowest BCUT2D eigenvalue weighted by Crippen LogP contribution is -2.48. The van der Waals surface area contributed by atoms with Crippen LogP contribution in [0.4, 0.5) is 8.78 Å². The zero-order chi connectivity index (χ0) is 14.8. The van der Waals surface area contributed by atoms with Crippen LogP contribution in [0.1, 0.15) is 19.3 Å². The number of ether oxygens (including phenoxy) is 2. The molecule has 0 spiro atoms. The average molecular weight is 421 g/mol. The number of rotatable bonds is 7. The van der Waals surface area contributed by atoms with Gasteiger partial charge >= 0.3 is 0 Å². The van der Waals surface area contributed by atoms with Crippen LogP contribution in [0, 0.1) is 0 Å². The normalized spacial score (nSPS) is 17.0. The van der Waals surface area contributed by atoms with E-state index in [1.807, 2.05) is 4.90 Å². The Hall–Kier alpha value is -0.220. The van der Waals surface area contributed by atoms with Crippen LogP contribution in [0.5, 0.6) is 0 Å². The molecule has 21 heavy (non-hydrogen) atoms. The predicted molar refractivity (Wildman–Crippen MR) is 89.8 cm³/mol. The number of nitrogens with zero attached hydrogens (tertiary/aromatic N) is 2. The Morgan fingerprint density at radius 1 is 1.33 bits per heavy atom. The Balaban J connectivity index is 0.00000400. The molecule has 8 heteroatoms. The lowest BCUT2D eigenvalue weighted by molar-refractivity contribution is 0.00976. The molecule has 0 bridgehead atoms. The summed E-state index contributed by atoms with van der Waals surface area (Å²) in [6, 6.07) is 0. The first-order valence-electron chi connectivity index (χ1n) is 7.01. The quantitative estimate of drug-likeness (QED) is 0.296. The van der Waals surface area contributed by atoms with Gasteiger partial charge in [0.25, 0.3) is 6.43 Å². The molecule has 0 unspecified atom stereocenters. The molecule has 0 aromatic carbocycles. The zero-order valence-corrected chi connectivity index (χ0v) is 15.0. The number of piperidine rings is 1. The number of halogens is 3. The molecule has 1 N–H and O–H groups in total. The minimum absolute atomic E-state index is 0. The fraction of sp³-hybridized carbons (Fsp3) is 0.923. The number of aliphatic imine (C=N–C) groups is 1. The Kier molecular flexibility index (Phi) is 12.2. The van der Waals surface area contributed by atoms with E-state index in [0.717, 1.165) is 32.4 Å². The van der Waals surface area contributed by atoms with Gasteiger partial charge in [-0.05, 0) is 19.3 Å². The molecule has 1 rings (SSSR count). The molecule has 1 heterocycles. The predicted octanol–water partition coefficient (Wildman–Crippen LogP) is 1.96. The number of guanidine groups is 1. The van der Waals surface area contributed by atoms with E-state index in [0.29, 0.717) is 19.2 Å². The Morgan fingerprint density at radius 2 is 2.00 bits per heavy atom. The zero-order valence-electron chi connectivity index (χ0n) is 12.7. The van der Waals surface area contributed by atoms with Crippen molar-refractivity contribution in [1.29, 1.82) is 0 Å². The highest BCUT2D eigenvalue weighted by molar-refractivity contribution is 14.0. The summed E-state index contributed by atoms with van der Waals surface area (Å²) in [5, 5.41) is 2.68. The highest BCUT2D eigenvalue weighted by Crippen LogP contribution is 2.14. The van der Waals surface area contributed by atoms with Gasteiger partial charge in [-0.2, -0.15) is 0 Å². The number of alkyl halides is 2. The van der Waals surface area contributed by atoms with Crippen LogP contribution >= 0.6 is 24.0 Å². The molecule has 0 saturated carbocycles. The fourth-order valence-electron chi connectivity index (χ4n) is 2.19. The van der Waals surface area contributed by atoms with Crippen LogP contribution in [0.15, 0.2) is 4.99 Å². The third-order valence-electron chi connectivity index (χ3n) is 3.21. The number of hydrogen-bond acceptors (Lipinski definition) is 3. The molecule has 0 aromatic rings. The van der Waals surface area contributed by atoms with Gasteiger partial charge < -0.3 is 19.7 Å². The second kappa shape index (κ2) is 12.3. The first kappa shape index (κ1) is 20.8. The number of likely N-dealkylation sites (tertiary alicyclic amines) is 1. The molecular formula is C13H26F2IN3O2. The standard InChI is InChI=1S/C13H25F2N3O2.HI/c1-16-13(17-10-12(14)15)18-6-4-11(5-7-18)20-9-3-8-19-2;/h11-12H,3-10H2,1-2H3,(H,16,17);1H. The molecule has 0 atom stereocenters. The Labute approximate surface area is 142 Å². The summed E-state index contributed by atoms with van der Waals surface area (Å²) < 4.78 is 35.1. The van der Waals surface area contributed by atoms with Gasteiger partial charge in [-0.15, -0.1) is 24.0 Å². The van der Waals surface area contributed by atoms with Crippen molar-refractivity contribution in [2.75, 3.05) is 47.0 Å². The molecule has 126 valence electrons. The van der Waals surface area contributed by atoms with E-state index >= 15 is 0 Å².